The minimum atomic E-state index is -1.43. The number of para-hydroxylation sites is 1. The summed E-state index contributed by atoms with van der Waals surface area (Å²) in [6.07, 6.45) is 3.80. The Balaban J connectivity index is 1.86. The fourth-order valence-electron chi connectivity index (χ4n) is 3.86. The van der Waals surface area contributed by atoms with Crippen molar-refractivity contribution in [3.8, 4) is 0 Å². The number of hydrogen-bond donors (Lipinski definition) is 9. The second-order valence-corrected chi connectivity index (χ2v) is 9.19. The van der Waals surface area contributed by atoms with E-state index >= 15 is 0 Å². The summed E-state index contributed by atoms with van der Waals surface area (Å²) in [5, 5.41) is 17.8. The minimum Gasteiger partial charge on any atom is -0.480 e. The lowest BCUT2D eigenvalue weighted by molar-refractivity contribution is -0.142. The number of nitrogens with one attached hydrogen (secondary N) is 5. The third-order valence-electron chi connectivity index (χ3n) is 5.90. The van der Waals surface area contributed by atoms with Crippen molar-refractivity contribution in [2.75, 3.05) is 5.75 Å². The standard InChI is InChI=1S/C24H30N8O6S/c25-15(10-39)21(34)30-18(7-20(26)33)23(36)31-17(5-12-8-28-16-4-2-1-3-14(12)16)22(35)32-19(24(37)38)6-13-9-27-11-29-13/h1-4,8-9,11,15,17-19,28,39H,5-7,10,25H2,(H2,26,33)(H,27,29)(H,30,34)(H,31,36)(H,32,35)(H,37,38). The number of aromatic nitrogens is 3. The highest BCUT2D eigenvalue weighted by Crippen LogP contribution is 2.19. The van der Waals surface area contributed by atoms with Gasteiger partial charge in [-0.15, -0.1) is 0 Å². The Labute approximate surface area is 228 Å². The van der Waals surface area contributed by atoms with E-state index in [1.165, 1.54) is 12.5 Å². The highest BCUT2D eigenvalue weighted by Gasteiger charge is 2.32. The Morgan fingerprint density at radius 1 is 0.949 bits per heavy atom. The largest absolute Gasteiger partial charge is 0.480 e. The van der Waals surface area contributed by atoms with Crippen LogP contribution in [0.5, 0.6) is 0 Å². The van der Waals surface area contributed by atoms with Crippen LogP contribution in [0, 0.1) is 0 Å². The smallest absolute Gasteiger partial charge is 0.326 e. The molecule has 0 bridgehead atoms. The molecule has 0 fully saturated rings. The van der Waals surface area contributed by atoms with Gasteiger partial charge >= 0.3 is 5.97 Å². The zero-order chi connectivity index (χ0) is 28.5. The Morgan fingerprint density at radius 2 is 1.62 bits per heavy atom. The molecule has 0 radical (unpaired) electrons. The molecular weight excluding hydrogens is 528 g/mol. The predicted octanol–water partition coefficient (Wildman–Crippen LogP) is -1.65. The number of rotatable bonds is 14. The van der Waals surface area contributed by atoms with Gasteiger partial charge in [-0.05, 0) is 11.6 Å². The Bertz CT molecular complexity index is 1330. The highest BCUT2D eigenvalue weighted by molar-refractivity contribution is 7.80. The zero-order valence-electron chi connectivity index (χ0n) is 20.7. The summed E-state index contributed by atoms with van der Waals surface area (Å²) < 4.78 is 0. The van der Waals surface area contributed by atoms with E-state index in [9.17, 15) is 29.1 Å². The average molecular weight is 559 g/mol. The molecule has 39 heavy (non-hydrogen) atoms. The second-order valence-electron chi connectivity index (χ2n) is 8.83. The molecule has 3 aromatic rings. The van der Waals surface area contributed by atoms with Gasteiger partial charge in [-0.1, -0.05) is 18.2 Å². The molecular formula is C24H30N8O6S. The monoisotopic (exact) mass is 558 g/mol. The first-order valence-corrected chi connectivity index (χ1v) is 12.5. The molecule has 4 atom stereocenters. The number of fused-ring (bicyclic) bond motifs is 1. The van der Waals surface area contributed by atoms with Crippen molar-refractivity contribution in [3.05, 3.63) is 54.2 Å². The molecule has 4 amide bonds. The van der Waals surface area contributed by atoms with E-state index in [4.69, 9.17) is 11.5 Å². The summed E-state index contributed by atoms with van der Waals surface area (Å²) in [5.41, 5.74) is 12.9. The van der Waals surface area contributed by atoms with Crippen LogP contribution in [-0.2, 0) is 36.8 Å². The first-order chi connectivity index (χ1) is 18.6. The number of primary amides is 1. The number of benzene rings is 1. The van der Waals surface area contributed by atoms with Gasteiger partial charge in [0.25, 0.3) is 0 Å². The number of carbonyl (C=O) groups is 5. The fourth-order valence-corrected chi connectivity index (χ4v) is 4.03. The molecule has 10 N–H and O–H groups in total. The van der Waals surface area contributed by atoms with Crippen LogP contribution >= 0.6 is 12.6 Å². The molecule has 1 aromatic carbocycles. The molecule has 0 aliphatic rings. The maximum absolute atomic E-state index is 13.4. The van der Waals surface area contributed by atoms with Crippen LogP contribution in [-0.4, -0.2) is 79.6 Å². The number of aliphatic carboxylic acids is 1. The molecule has 4 unspecified atom stereocenters. The lowest BCUT2D eigenvalue weighted by atomic mass is 10.0. The Hall–Kier alpha value is -4.37. The van der Waals surface area contributed by atoms with Gasteiger partial charge < -0.3 is 42.5 Å². The first-order valence-electron chi connectivity index (χ1n) is 11.9. The molecule has 14 nitrogen and oxygen atoms in total. The number of nitrogens with zero attached hydrogens (tertiary/aromatic N) is 1. The van der Waals surface area contributed by atoms with E-state index in [1.807, 2.05) is 18.2 Å². The third-order valence-corrected chi connectivity index (χ3v) is 6.29. The van der Waals surface area contributed by atoms with E-state index in [0.29, 0.717) is 11.3 Å². The quantitative estimate of drug-likeness (QED) is 0.104. The van der Waals surface area contributed by atoms with Crippen LogP contribution < -0.4 is 27.4 Å². The third kappa shape index (κ3) is 8.05. The average Bonchev–Trinajstić information content (AvgIpc) is 3.56. The van der Waals surface area contributed by atoms with Gasteiger partial charge in [0.05, 0.1) is 18.8 Å². The van der Waals surface area contributed by atoms with Crippen molar-refractivity contribution in [2.24, 2.45) is 11.5 Å². The number of carboxylic acid groups (broad SMARTS) is 1. The number of aromatic amines is 2. The summed E-state index contributed by atoms with van der Waals surface area (Å²) in [7, 11) is 0. The predicted molar refractivity (Wildman–Crippen MR) is 143 cm³/mol. The van der Waals surface area contributed by atoms with E-state index in [-0.39, 0.29) is 18.6 Å². The van der Waals surface area contributed by atoms with Crippen LogP contribution in [0.1, 0.15) is 17.7 Å². The maximum Gasteiger partial charge on any atom is 0.326 e. The van der Waals surface area contributed by atoms with Gasteiger partial charge in [0.2, 0.25) is 23.6 Å². The van der Waals surface area contributed by atoms with E-state index in [2.05, 4.69) is 43.5 Å². The van der Waals surface area contributed by atoms with Gasteiger partial charge in [-0.3, -0.25) is 19.2 Å². The summed E-state index contributed by atoms with van der Waals surface area (Å²) in [4.78, 5) is 72.1. The molecule has 0 spiro atoms. The SMILES string of the molecule is NC(=O)CC(NC(=O)C(N)CS)C(=O)NC(Cc1c[nH]c2ccccc12)C(=O)NC(Cc1cnc[nH]1)C(=O)O. The number of hydrogen-bond acceptors (Lipinski definition) is 8. The molecule has 2 heterocycles. The Morgan fingerprint density at radius 3 is 2.26 bits per heavy atom. The van der Waals surface area contributed by atoms with Crippen molar-refractivity contribution in [1.29, 1.82) is 0 Å². The summed E-state index contributed by atoms with van der Waals surface area (Å²) in [5.74, 6) is -4.61. The lowest BCUT2D eigenvalue weighted by Crippen LogP contribution is -2.58. The molecule has 15 heteroatoms. The van der Waals surface area contributed by atoms with E-state index < -0.39 is 60.2 Å². The van der Waals surface area contributed by atoms with Crippen LogP contribution in [0.25, 0.3) is 10.9 Å². The Kier molecular flexibility index (Phi) is 10.1. The molecule has 0 saturated heterocycles. The maximum atomic E-state index is 13.4. The molecule has 3 rings (SSSR count). The first kappa shape index (κ1) is 29.2. The molecule has 208 valence electrons. The van der Waals surface area contributed by atoms with Crippen LogP contribution in [0.15, 0.2) is 43.0 Å². The molecule has 2 aromatic heterocycles. The molecule has 0 saturated carbocycles. The number of H-pyrrole nitrogens is 2. The van der Waals surface area contributed by atoms with Gasteiger partial charge in [-0.2, -0.15) is 12.6 Å². The van der Waals surface area contributed by atoms with Crippen molar-refractivity contribution < 1.29 is 29.1 Å². The van der Waals surface area contributed by atoms with Crippen molar-refractivity contribution in [3.63, 3.8) is 0 Å². The second kappa shape index (κ2) is 13.4. The van der Waals surface area contributed by atoms with Crippen LogP contribution in [0.3, 0.4) is 0 Å². The molecule has 0 aliphatic heterocycles. The van der Waals surface area contributed by atoms with Crippen LogP contribution in [0.2, 0.25) is 0 Å². The number of thiol groups is 1. The van der Waals surface area contributed by atoms with Crippen molar-refractivity contribution in [2.45, 2.75) is 43.4 Å². The van der Waals surface area contributed by atoms with Crippen molar-refractivity contribution >= 4 is 53.1 Å². The van der Waals surface area contributed by atoms with Gasteiger partial charge in [0, 0.05) is 47.6 Å². The minimum absolute atomic E-state index is 0.0186. The van der Waals surface area contributed by atoms with Gasteiger partial charge in [0.1, 0.15) is 18.1 Å². The zero-order valence-corrected chi connectivity index (χ0v) is 21.6. The number of imidazole rings is 1. The number of carbonyl (C=O) groups excluding carboxylic acids is 4. The van der Waals surface area contributed by atoms with Crippen molar-refractivity contribution in [1.82, 2.24) is 30.9 Å². The fraction of sp³-hybridized carbons (Fsp3) is 0.333. The van der Waals surface area contributed by atoms with Crippen LogP contribution in [0.4, 0.5) is 0 Å². The normalized spacial score (nSPS) is 14.1. The summed E-state index contributed by atoms with van der Waals surface area (Å²) in [6.45, 7) is 0. The topological polar surface area (TPSA) is 238 Å². The lowest BCUT2D eigenvalue weighted by Gasteiger charge is -2.24. The van der Waals surface area contributed by atoms with Gasteiger partial charge in [0.15, 0.2) is 0 Å². The number of amides is 4. The summed E-state index contributed by atoms with van der Waals surface area (Å²) >= 11 is 3.95. The summed E-state index contributed by atoms with van der Waals surface area (Å²) in [6, 6.07) is 2.18. The molecule has 0 aliphatic carbocycles. The van der Waals surface area contributed by atoms with E-state index in [0.717, 1.165) is 10.9 Å². The van der Waals surface area contributed by atoms with Gasteiger partial charge in [-0.25, -0.2) is 9.78 Å². The van der Waals surface area contributed by atoms with E-state index in [1.54, 1.807) is 12.3 Å². The highest BCUT2D eigenvalue weighted by atomic mass is 32.1. The number of carboxylic acids is 1. The number of nitrogens with two attached hydrogens (primary N) is 2.